The van der Waals surface area contributed by atoms with Gasteiger partial charge in [0.2, 0.25) is 0 Å². The van der Waals surface area contributed by atoms with Crippen LogP contribution in [0.3, 0.4) is 0 Å². The van der Waals surface area contributed by atoms with E-state index in [9.17, 15) is 0 Å². The maximum atomic E-state index is 8.78. The van der Waals surface area contributed by atoms with E-state index in [2.05, 4.69) is 5.73 Å². The quantitative estimate of drug-likeness (QED) is 0.366. The summed E-state index contributed by atoms with van der Waals surface area (Å²) >= 11 is 0. The molecule has 3 nitrogen and oxygen atoms in total. The Kier molecular flexibility index (Phi) is 6.85. The molecule has 4 heteroatoms. The van der Waals surface area contributed by atoms with E-state index < -0.39 is 6.09 Å². The first-order valence-electron chi connectivity index (χ1n) is 0.716. The topological polar surface area (TPSA) is 63.3 Å². The van der Waals surface area contributed by atoms with Crippen LogP contribution in [0, 0.1) is 0 Å². The van der Waals surface area contributed by atoms with Gasteiger partial charge >= 0.3 is 6.09 Å². The molecular weight excluding hydrogens is 65.0 g/mol. The van der Waals surface area contributed by atoms with Gasteiger partial charge in [0.05, 0.1) is 0 Å². The van der Waals surface area contributed by atoms with Crippen LogP contribution in [0.25, 0.3) is 0 Å². The molecule has 0 aromatic carbocycles. The number of hydrogen-bond donors (Lipinski definition) is 2. The number of carbonyl (C=O) groups is 1. The molecule has 25 valence electrons. The molecule has 0 saturated carbocycles. The molecule has 0 aliphatic heterocycles. The fourth-order valence-electron chi connectivity index (χ4n) is 0. The summed E-state index contributed by atoms with van der Waals surface area (Å²) in [6.45, 7) is 0. The number of rotatable bonds is 0. The molecule has 0 spiro atoms. The van der Waals surface area contributed by atoms with Crippen molar-refractivity contribution < 1.29 is 9.90 Å². The molecule has 0 bridgehead atoms. The van der Waals surface area contributed by atoms with Gasteiger partial charge < -0.3 is 10.8 Å². The standard InChI is InChI=1S/CH3NO2.Li/c2-1(3)4;/h2H2,(H,3,4);. The van der Waals surface area contributed by atoms with Gasteiger partial charge in [-0.2, -0.15) is 0 Å². The number of nitrogens with two attached hydrogens (primary N) is 1. The molecule has 0 saturated heterocycles. The van der Waals surface area contributed by atoms with Crippen LogP contribution in [0.1, 0.15) is 0 Å². The smallest absolute Gasteiger partial charge is 0.402 e. The number of hydrogen-bond acceptors (Lipinski definition) is 1. The molecule has 3 N–H and O–H groups in total. The molecule has 0 fully saturated rings. The Morgan fingerprint density at radius 3 is 1.80 bits per heavy atom. The summed E-state index contributed by atoms with van der Waals surface area (Å²) < 4.78 is 0. The third-order valence-electron chi connectivity index (χ3n) is 0. The van der Waals surface area contributed by atoms with Crippen LogP contribution in [-0.4, -0.2) is 30.1 Å². The number of carboxylic acid groups (broad SMARTS) is 1. The van der Waals surface area contributed by atoms with Gasteiger partial charge in [0.1, 0.15) is 0 Å². The Morgan fingerprint density at radius 1 is 1.80 bits per heavy atom. The minimum atomic E-state index is -1.33. The second-order valence-corrected chi connectivity index (χ2v) is 0.338. The summed E-state index contributed by atoms with van der Waals surface area (Å²) in [6.07, 6.45) is -1.33. The van der Waals surface area contributed by atoms with E-state index in [4.69, 9.17) is 9.90 Å². The molecule has 1 amide bonds. The Labute approximate surface area is 41.3 Å². The monoisotopic (exact) mass is 68.0 g/mol. The SMILES string of the molecule is NC(=O)O.[Li]. The average molecular weight is 68.0 g/mol. The number of amides is 1. The predicted octanol–water partition coefficient (Wildman–Crippen LogP) is -0.758. The van der Waals surface area contributed by atoms with Gasteiger partial charge in [0.25, 0.3) is 0 Å². The molecule has 0 aliphatic rings. The Morgan fingerprint density at radius 2 is 1.80 bits per heavy atom. The molecular formula is CH3LiNO2. The summed E-state index contributed by atoms with van der Waals surface area (Å²) in [5, 5.41) is 7.19. The van der Waals surface area contributed by atoms with E-state index in [1.807, 2.05) is 0 Å². The van der Waals surface area contributed by atoms with Crippen LogP contribution in [0.4, 0.5) is 4.79 Å². The van der Waals surface area contributed by atoms with E-state index in [0.29, 0.717) is 0 Å². The van der Waals surface area contributed by atoms with Crippen molar-refractivity contribution in [2.45, 2.75) is 0 Å². The van der Waals surface area contributed by atoms with Crippen molar-refractivity contribution in [2.24, 2.45) is 5.73 Å². The van der Waals surface area contributed by atoms with Gasteiger partial charge in [-0.3, -0.25) is 0 Å². The zero-order chi connectivity index (χ0) is 3.58. The van der Waals surface area contributed by atoms with E-state index in [0.717, 1.165) is 0 Å². The molecule has 0 aromatic rings. The van der Waals surface area contributed by atoms with Crippen molar-refractivity contribution in [3.63, 3.8) is 0 Å². The molecule has 5 heavy (non-hydrogen) atoms. The molecule has 0 aromatic heterocycles. The van der Waals surface area contributed by atoms with Crippen molar-refractivity contribution in [1.82, 2.24) is 0 Å². The molecule has 0 atom stereocenters. The van der Waals surface area contributed by atoms with Crippen LogP contribution in [-0.2, 0) is 0 Å². The summed E-state index contributed by atoms with van der Waals surface area (Å²) in [4.78, 5) is 8.78. The molecule has 0 aliphatic carbocycles. The van der Waals surface area contributed by atoms with E-state index in [1.54, 1.807) is 0 Å². The van der Waals surface area contributed by atoms with Gasteiger partial charge in [-0.1, -0.05) is 0 Å². The first kappa shape index (κ1) is 8.85. The minimum absolute atomic E-state index is 0. The maximum Gasteiger partial charge on any atom is 0.402 e. The number of primary amides is 1. The predicted molar refractivity (Wildman–Crippen MR) is 18.0 cm³/mol. The molecule has 0 rings (SSSR count). The molecule has 1 radical (unpaired) electrons. The zero-order valence-corrected chi connectivity index (χ0v) is 2.93. The maximum absolute atomic E-state index is 8.78. The van der Waals surface area contributed by atoms with E-state index in [1.165, 1.54) is 0 Å². The van der Waals surface area contributed by atoms with E-state index >= 15 is 0 Å². The van der Waals surface area contributed by atoms with Gasteiger partial charge in [-0.05, 0) is 0 Å². The summed E-state index contributed by atoms with van der Waals surface area (Å²) in [5.41, 5.74) is 4.03. The zero-order valence-electron chi connectivity index (χ0n) is 2.93. The Hall–Kier alpha value is -0.133. The third kappa shape index (κ3) is 767. The summed E-state index contributed by atoms with van der Waals surface area (Å²) in [5.74, 6) is 0. The Balaban J connectivity index is 0. The van der Waals surface area contributed by atoms with Gasteiger partial charge in [-0.25, -0.2) is 4.79 Å². The van der Waals surface area contributed by atoms with Crippen LogP contribution in [0.2, 0.25) is 0 Å². The van der Waals surface area contributed by atoms with Crippen LogP contribution in [0.15, 0.2) is 0 Å². The van der Waals surface area contributed by atoms with Crippen LogP contribution >= 0.6 is 0 Å². The minimum Gasteiger partial charge on any atom is -0.465 e. The van der Waals surface area contributed by atoms with Gasteiger partial charge in [0, 0.05) is 18.9 Å². The van der Waals surface area contributed by atoms with Crippen molar-refractivity contribution in [3.05, 3.63) is 0 Å². The van der Waals surface area contributed by atoms with Crippen LogP contribution < -0.4 is 5.73 Å². The largest absolute Gasteiger partial charge is 0.465 e. The normalized spacial score (nSPS) is 4.80. The summed E-state index contributed by atoms with van der Waals surface area (Å²) in [6, 6.07) is 0. The van der Waals surface area contributed by atoms with Gasteiger partial charge in [0.15, 0.2) is 0 Å². The fraction of sp³-hybridized carbons (Fsp3) is 0. The van der Waals surface area contributed by atoms with Crippen LogP contribution in [0.5, 0.6) is 0 Å². The molecule has 0 heterocycles. The van der Waals surface area contributed by atoms with Crippen molar-refractivity contribution >= 4 is 25.0 Å². The van der Waals surface area contributed by atoms with Crippen molar-refractivity contribution in [2.75, 3.05) is 0 Å². The average Bonchev–Trinajstić information content (AvgIpc) is 0.811. The first-order valence-corrected chi connectivity index (χ1v) is 0.716. The van der Waals surface area contributed by atoms with Gasteiger partial charge in [-0.15, -0.1) is 0 Å². The third-order valence-corrected chi connectivity index (χ3v) is 0. The van der Waals surface area contributed by atoms with Crippen molar-refractivity contribution in [1.29, 1.82) is 0 Å². The summed E-state index contributed by atoms with van der Waals surface area (Å²) in [7, 11) is 0. The second-order valence-electron chi connectivity index (χ2n) is 0.338. The Bertz CT molecular complexity index is 32.6. The second kappa shape index (κ2) is 3.87. The van der Waals surface area contributed by atoms with Crippen molar-refractivity contribution in [3.8, 4) is 0 Å². The van der Waals surface area contributed by atoms with E-state index in [-0.39, 0.29) is 18.9 Å². The first-order chi connectivity index (χ1) is 1.73. The fourth-order valence-corrected chi connectivity index (χ4v) is 0. The molecule has 0 unspecified atom stereocenters.